The Labute approximate surface area is 109 Å². The van der Waals surface area contributed by atoms with Crippen molar-refractivity contribution in [3.63, 3.8) is 0 Å². The van der Waals surface area contributed by atoms with E-state index in [9.17, 15) is 4.79 Å². The maximum absolute atomic E-state index is 11.3. The van der Waals surface area contributed by atoms with E-state index < -0.39 is 0 Å². The highest BCUT2D eigenvalue weighted by Crippen LogP contribution is 2.26. The van der Waals surface area contributed by atoms with Crippen LogP contribution in [0.25, 0.3) is 0 Å². The first-order chi connectivity index (χ1) is 8.27. The summed E-state index contributed by atoms with van der Waals surface area (Å²) in [5.41, 5.74) is -0.139. The van der Waals surface area contributed by atoms with Crippen LogP contribution in [0.4, 0.5) is 5.82 Å². The molecule has 1 aromatic heterocycles. The Morgan fingerprint density at radius 2 is 2.18 bits per heavy atom. The van der Waals surface area contributed by atoms with E-state index in [2.05, 4.69) is 31.2 Å². The first-order valence-corrected chi connectivity index (χ1v) is 7.03. The molecule has 0 atom stereocenters. The lowest BCUT2D eigenvalue weighted by Gasteiger charge is -2.21. The molecule has 17 heavy (non-hydrogen) atoms. The third-order valence-electron chi connectivity index (χ3n) is 3.37. The highest BCUT2D eigenvalue weighted by molar-refractivity contribution is 9.10. The third kappa shape index (κ3) is 3.56. The molecular weight excluding hydrogens is 282 g/mol. The smallest absolute Gasteiger partial charge is 0.267 e. The first kappa shape index (κ1) is 12.6. The highest BCUT2D eigenvalue weighted by Gasteiger charge is 2.13. The number of aromatic nitrogens is 2. The molecule has 0 saturated heterocycles. The van der Waals surface area contributed by atoms with Crippen LogP contribution >= 0.6 is 15.9 Å². The Morgan fingerprint density at radius 3 is 2.94 bits per heavy atom. The second-order valence-corrected chi connectivity index (χ2v) is 5.41. The van der Waals surface area contributed by atoms with Gasteiger partial charge in [-0.3, -0.25) is 4.79 Å². The number of halogens is 1. The van der Waals surface area contributed by atoms with Crippen molar-refractivity contribution in [2.75, 3.05) is 11.9 Å². The lowest BCUT2D eigenvalue weighted by atomic mass is 9.87. The molecule has 1 heterocycles. The first-order valence-electron chi connectivity index (χ1n) is 6.24. The summed E-state index contributed by atoms with van der Waals surface area (Å²) in [6.07, 6.45) is 9.44. The van der Waals surface area contributed by atoms with Crippen molar-refractivity contribution >= 4 is 21.7 Å². The fourth-order valence-electron chi connectivity index (χ4n) is 2.38. The number of nitrogens with zero attached hydrogens (tertiary/aromatic N) is 1. The van der Waals surface area contributed by atoms with E-state index in [1.165, 1.54) is 44.9 Å². The molecule has 0 unspecified atom stereocenters. The van der Waals surface area contributed by atoms with Gasteiger partial charge in [0.1, 0.15) is 10.3 Å². The summed E-state index contributed by atoms with van der Waals surface area (Å²) < 4.78 is 0.489. The third-order valence-corrected chi connectivity index (χ3v) is 4.10. The van der Waals surface area contributed by atoms with Gasteiger partial charge in [0, 0.05) is 6.54 Å². The fourth-order valence-corrected chi connectivity index (χ4v) is 2.73. The molecule has 0 amide bonds. The molecule has 5 heteroatoms. The van der Waals surface area contributed by atoms with Gasteiger partial charge in [0.15, 0.2) is 0 Å². The van der Waals surface area contributed by atoms with Crippen LogP contribution in [0.5, 0.6) is 0 Å². The van der Waals surface area contributed by atoms with Gasteiger partial charge in [-0.2, -0.15) is 0 Å². The summed E-state index contributed by atoms with van der Waals surface area (Å²) in [7, 11) is 0. The maximum Gasteiger partial charge on any atom is 0.267 e. The normalized spacial score (nSPS) is 17.0. The van der Waals surface area contributed by atoms with Crippen molar-refractivity contribution in [3.05, 3.63) is 21.2 Å². The van der Waals surface area contributed by atoms with E-state index >= 15 is 0 Å². The Bertz CT molecular complexity index is 412. The molecule has 0 bridgehead atoms. The lowest BCUT2D eigenvalue weighted by Crippen LogP contribution is -2.15. The van der Waals surface area contributed by atoms with E-state index in [1.807, 2.05) is 0 Å². The number of rotatable bonds is 4. The quantitative estimate of drug-likeness (QED) is 0.899. The zero-order valence-electron chi connectivity index (χ0n) is 9.84. The molecule has 2 rings (SSSR count). The minimum absolute atomic E-state index is 0.139. The van der Waals surface area contributed by atoms with Gasteiger partial charge in [-0.1, -0.05) is 32.1 Å². The van der Waals surface area contributed by atoms with Gasteiger partial charge in [-0.05, 0) is 28.3 Å². The molecule has 1 saturated carbocycles. The number of hydrogen-bond acceptors (Lipinski definition) is 3. The number of nitrogens with one attached hydrogen (secondary N) is 2. The van der Waals surface area contributed by atoms with Crippen LogP contribution in [0.2, 0.25) is 0 Å². The molecule has 94 valence electrons. The van der Waals surface area contributed by atoms with Gasteiger partial charge < -0.3 is 10.3 Å². The topological polar surface area (TPSA) is 57.8 Å². The minimum Gasteiger partial charge on any atom is -0.369 e. The largest absolute Gasteiger partial charge is 0.369 e. The van der Waals surface area contributed by atoms with E-state index in [0.29, 0.717) is 10.3 Å². The van der Waals surface area contributed by atoms with Gasteiger partial charge >= 0.3 is 0 Å². The summed E-state index contributed by atoms with van der Waals surface area (Å²) >= 11 is 3.24. The second kappa shape index (κ2) is 6.19. The molecule has 4 nitrogen and oxygen atoms in total. The zero-order valence-corrected chi connectivity index (χ0v) is 11.4. The standard InChI is InChI=1S/C12H18BrN3O/c13-10-11(15-8-16-12(10)17)14-7-6-9-4-2-1-3-5-9/h8-9H,1-7H2,(H2,14,15,16,17). The molecular formula is C12H18BrN3O. The maximum atomic E-state index is 11.3. The van der Waals surface area contributed by atoms with Gasteiger partial charge in [0.2, 0.25) is 0 Å². The molecule has 1 aromatic rings. The van der Waals surface area contributed by atoms with Crippen LogP contribution in [0.3, 0.4) is 0 Å². The van der Waals surface area contributed by atoms with Crippen LogP contribution in [0, 0.1) is 5.92 Å². The van der Waals surface area contributed by atoms with E-state index in [0.717, 1.165) is 12.5 Å². The SMILES string of the molecule is O=c1[nH]cnc(NCCC2CCCCC2)c1Br. The summed E-state index contributed by atoms with van der Waals surface area (Å²) in [6.45, 7) is 0.889. The summed E-state index contributed by atoms with van der Waals surface area (Å²) in [5.74, 6) is 1.49. The van der Waals surface area contributed by atoms with Crippen LogP contribution in [0.1, 0.15) is 38.5 Å². The van der Waals surface area contributed by atoms with Crippen molar-refractivity contribution in [1.29, 1.82) is 0 Å². The Balaban J connectivity index is 1.81. The van der Waals surface area contributed by atoms with Crippen LogP contribution in [0.15, 0.2) is 15.6 Å². The second-order valence-electron chi connectivity index (χ2n) is 4.61. The van der Waals surface area contributed by atoms with Crippen LogP contribution < -0.4 is 10.9 Å². The van der Waals surface area contributed by atoms with Gasteiger partial charge in [0.05, 0.1) is 6.33 Å². The van der Waals surface area contributed by atoms with E-state index in [1.54, 1.807) is 0 Å². The van der Waals surface area contributed by atoms with Crippen molar-refractivity contribution in [3.8, 4) is 0 Å². The lowest BCUT2D eigenvalue weighted by molar-refractivity contribution is 0.345. The summed E-state index contributed by atoms with van der Waals surface area (Å²) in [6, 6.07) is 0. The van der Waals surface area contributed by atoms with E-state index in [4.69, 9.17) is 0 Å². The van der Waals surface area contributed by atoms with Gasteiger partial charge in [-0.25, -0.2) is 4.98 Å². The average molecular weight is 300 g/mol. The predicted octanol–water partition coefficient (Wildman–Crippen LogP) is 2.91. The van der Waals surface area contributed by atoms with Gasteiger partial charge in [-0.15, -0.1) is 0 Å². The van der Waals surface area contributed by atoms with Crippen molar-refractivity contribution in [2.24, 2.45) is 5.92 Å². The minimum atomic E-state index is -0.139. The number of hydrogen-bond donors (Lipinski definition) is 2. The summed E-state index contributed by atoms with van der Waals surface area (Å²) in [5, 5.41) is 3.22. The van der Waals surface area contributed by atoms with Crippen molar-refractivity contribution < 1.29 is 0 Å². The number of H-pyrrole nitrogens is 1. The molecule has 0 spiro atoms. The molecule has 1 aliphatic carbocycles. The molecule has 0 aromatic carbocycles. The Morgan fingerprint density at radius 1 is 1.41 bits per heavy atom. The average Bonchev–Trinajstić information content (AvgIpc) is 2.36. The predicted molar refractivity (Wildman–Crippen MR) is 72.2 cm³/mol. The Kier molecular flexibility index (Phi) is 4.59. The van der Waals surface area contributed by atoms with Crippen molar-refractivity contribution in [2.45, 2.75) is 38.5 Å². The summed E-state index contributed by atoms with van der Waals surface area (Å²) in [4.78, 5) is 18.0. The van der Waals surface area contributed by atoms with Crippen LogP contribution in [-0.4, -0.2) is 16.5 Å². The highest BCUT2D eigenvalue weighted by atomic mass is 79.9. The Hall–Kier alpha value is -0.840. The van der Waals surface area contributed by atoms with Crippen molar-refractivity contribution in [1.82, 2.24) is 9.97 Å². The van der Waals surface area contributed by atoms with Crippen LogP contribution in [-0.2, 0) is 0 Å². The molecule has 1 aliphatic rings. The molecule has 0 radical (unpaired) electrons. The molecule has 1 fully saturated rings. The monoisotopic (exact) mass is 299 g/mol. The molecule has 0 aliphatic heterocycles. The molecule has 2 N–H and O–H groups in total. The van der Waals surface area contributed by atoms with E-state index in [-0.39, 0.29) is 5.56 Å². The number of anilines is 1. The number of aromatic amines is 1. The zero-order chi connectivity index (χ0) is 12.1. The fraction of sp³-hybridized carbons (Fsp3) is 0.667. The van der Waals surface area contributed by atoms with Gasteiger partial charge in [0.25, 0.3) is 5.56 Å².